The van der Waals surface area contributed by atoms with Gasteiger partial charge in [0.05, 0.1) is 23.6 Å². The summed E-state index contributed by atoms with van der Waals surface area (Å²) in [7, 11) is 1.57. The third-order valence-corrected chi connectivity index (χ3v) is 3.70. The minimum atomic E-state index is -0.576. The summed E-state index contributed by atoms with van der Waals surface area (Å²) < 4.78 is 5.10. The van der Waals surface area contributed by atoms with Crippen molar-refractivity contribution in [2.45, 2.75) is 6.04 Å². The van der Waals surface area contributed by atoms with E-state index in [2.05, 4.69) is 15.2 Å². The van der Waals surface area contributed by atoms with E-state index in [-0.39, 0.29) is 22.8 Å². The summed E-state index contributed by atoms with van der Waals surface area (Å²) in [6.45, 7) is 0. The molecule has 4 N–H and O–H groups in total. The fraction of sp³-hybridized carbons (Fsp3) is 0.125. The van der Waals surface area contributed by atoms with E-state index in [0.717, 1.165) is 5.56 Å². The normalized spacial score (nSPS) is 11.9. The Morgan fingerprint density at radius 2 is 2.00 bits per heavy atom. The Morgan fingerprint density at radius 3 is 2.64 bits per heavy atom. The number of nitrogens with two attached hydrogens (primary N) is 1. The van der Waals surface area contributed by atoms with E-state index in [1.54, 1.807) is 31.4 Å². The van der Waals surface area contributed by atoms with Crippen molar-refractivity contribution >= 4 is 5.69 Å². The van der Waals surface area contributed by atoms with Crippen molar-refractivity contribution in [3.8, 4) is 22.9 Å². The van der Waals surface area contributed by atoms with E-state index in [1.165, 1.54) is 18.2 Å². The largest absolute Gasteiger partial charge is 0.507 e. The standard InChI is InChI=1S/C16H15N5O4/c1-25-11-5-2-9(3-6-11)14(17)16-18-15(19-20-16)12-8-10(21(23)24)4-7-13(12)22/h2-8,14,22H,17H2,1H3,(H,18,19,20)/t14-/m0/s1. The average Bonchev–Trinajstić information content (AvgIpc) is 3.11. The maximum absolute atomic E-state index is 10.9. The Balaban J connectivity index is 1.91. The lowest BCUT2D eigenvalue weighted by atomic mass is 10.1. The number of nitrogens with zero attached hydrogens (tertiary/aromatic N) is 3. The van der Waals surface area contributed by atoms with Gasteiger partial charge in [-0.15, -0.1) is 0 Å². The molecule has 3 rings (SSSR count). The molecule has 0 amide bonds. The summed E-state index contributed by atoms with van der Waals surface area (Å²) >= 11 is 0. The number of aromatic hydroxyl groups is 1. The summed E-state index contributed by atoms with van der Waals surface area (Å²) in [6, 6.07) is 10.2. The Hall–Kier alpha value is -3.46. The van der Waals surface area contributed by atoms with Crippen LogP contribution in [0.1, 0.15) is 17.4 Å². The highest BCUT2D eigenvalue weighted by atomic mass is 16.6. The number of methoxy groups -OCH3 is 1. The summed E-state index contributed by atoms with van der Waals surface area (Å²) in [5.41, 5.74) is 6.94. The number of aromatic nitrogens is 3. The van der Waals surface area contributed by atoms with Crippen molar-refractivity contribution in [1.82, 2.24) is 15.2 Å². The molecule has 0 radical (unpaired) electrons. The lowest BCUT2D eigenvalue weighted by Crippen LogP contribution is -2.13. The fourth-order valence-corrected chi connectivity index (χ4v) is 2.32. The zero-order valence-corrected chi connectivity index (χ0v) is 13.2. The topological polar surface area (TPSA) is 140 Å². The van der Waals surface area contributed by atoms with Crippen LogP contribution in [0, 0.1) is 10.1 Å². The molecule has 0 aliphatic heterocycles. The van der Waals surface area contributed by atoms with Crippen LogP contribution in [0.5, 0.6) is 11.5 Å². The molecule has 1 atom stereocenters. The molecular weight excluding hydrogens is 326 g/mol. The zero-order chi connectivity index (χ0) is 18.0. The quantitative estimate of drug-likeness (QED) is 0.477. The molecule has 0 fully saturated rings. The Kier molecular flexibility index (Phi) is 4.31. The molecule has 1 aromatic heterocycles. The van der Waals surface area contributed by atoms with Crippen LogP contribution in [0.15, 0.2) is 42.5 Å². The maximum Gasteiger partial charge on any atom is 0.270 e. The third kappa shape index (κ3) is 3.26. The lowest BCUT2D eigenvalue weighted by Gasteiger charge is -2.09. The van der Waals surface area contributed by atoms with Gasteiger partial charge in [0, 0.05) is 12.1 Å². The molecule has 0 spiro atoms. The molecule has 0 unspecified atom stereocenters. The van der Waals surface area contributed by atoms with E-state index in [4.69, 9.17) is 10.5 Å². The second kappa shape index (κ2) is 6.57. The van der Waals surface area contributed by atoms with E-state index in [0.29, 0.717) is 11.6 Å². The summed E-state index contributed by atoms with van der Waals surface area (Å²) in [5, 5.41) is 27.5. The third-order valence-electron chi connectivity index (χ3n) is 3.70. The van der Waals surface area contributed by atoms with Gasteiger partial charge in [0.1, 0.15) is 17.3 Å². The van der Waals surface area contributed by atoms with Crippen LogP contribution >= 0.6 is 0 Å². The van der Waals surface area contributed by atoms with Gasteiger partial charge in [-0.25, -0.2) is 4.98 Å². The Labute approximate surface area is 142 Å². The van der Waals surface area contributed by atoms with Gasteiger partial charge in [-0.2, -0.15) is 5.10 Å². The highest BCUT2D eigenvalue weighted by Crippen LogP contribution is 2.31. The maximum atomic E-state index is 10.9. The van der Waals surface area contributed by atoms with Crippen LogP contribution < -0.4 is 10.5 Å². The molecule has 9 nitrogen and oxygen atoms in total. The molecule has 0 saturated heterocycles. The van der Waals surface area contributed by atoms with E-state index >= 15 is 0 Å². The average molecular weight is 341 g/mol. The molecule has 0 aliphatic rings. The van der Waals surface area contributed by atoms with Gasteiger partial charge in [0.2, 0.25) is 0 Å². The monoisotopic (exact) mass is 341 g/mol. The predicted octanol–water partition coefficient (Wildman–Crippen LogP) is 2.14. The van der Waals surface area contributed by atoms with Crippen molar-refractivity contribution in [1.29, 1.82) is 0 Å². The number of hydrogen-bond acceptors (Lipinski definition) is 7. The van der Waals surface area contributed by atoms with Crippen molar-refractivity contribution in [3.05, 3.63) is 64.0 Å². The van der Waals surface area contributed by atoms with Crippen molar-refractivity contribution < 1.29 is 14.8 Å². The summed E-state index contributed by atoms with van der Waals surface area (Å²) in [4.78, 5) is 14.6. The lowest BCUT2D eigenvalue weighted by molar-refractivity contribution is -0.384. The van der Waals surface area contributed by atoms with Gasteiger partial charge in [-0.3, -0.25) is 15.2 Å². The van der Waals surface area contributed by atoms with Crippen LogP contribution in [-0.4, -0.2) is 32.3 Å². The smallest absolute Gasteiger partial charge is 0.270 e. The number of benzene rings is 2. The molecule has 0 aliphatic carbocycles. The molecule has 0 bridgehead atoms. The molecule has 128 valence electrons. The van der Waals surface area contributed by atoms with Crippen molar-refractivity contribution in [3.63, 3.8) is 0 Å². The molecule has 9 heteroatoms. The molecule has 1 heterocycles. The second-order valence-electron chi connectivity index (χ2n) is 5.25. The number of phenols is 1. The van der Waals surface area contributed by atoms with Gasteiger partial charge >= 0.3 is 0 Å². The van der Waals surface area contributed by atoms with Gasteiger partial charge < -0.3 is 15.6 Å². The number of rotatable bonds is 5. The highest BCUT2D eigenvalue weighted by Gasteiger charge is 2.19. The predicted molar refractivity (Wildman–Crippen MR) is 89.2 cm³/mol. The van der Waals surface area contributed by atoms with Crippen LogP contribution in [-0.2, 0) is 0 Å². The number of nitro groups is 1. The van der Waals surface area contributed by atoms with Crippen LogP contribution in [0.2, 0.25) is 0 Å². The number of H-pyrrole nitrogens is 1. The minimum absolute atomic E-state index is 0.125. The van der Waals surface area contributed by atoms with Crippen molar-refractivity contribution in [2.24, 2.45) is 5.73 Å². The zero-order valence-electron chi connectivity index (χ0n) is 13.2. The van der Waals surface area contributed by atoms with Gasteiger partial charge in [0.15, 0.2) is 5.82 Å². The van der Waals surface area contributed by atoms with E-state index in [9.17, 15) is 15.2 Å². The number of nitrogens with one attached hydrogen (secondary N) is 1. The number of non-ortho nitro benzene ring substituents is 1. The van der Waals surface area contributed by atoms with E-state index < -0.39 is 11.0 Å². The first-order valence-electron chi connectivity index (χ1n) is 7.29. The van der Waals surface area contributed by atoms with E-state index in [1.807, 2.05) is 0 Å². The van der Waals surface area contributed by atoms with Gasteiger partial charge in [-0.1, -0.05) is 12.1 Å². The molecule has 2 aromatic carbocycles. The number of ether oxygens (including phenoxy) is 1. The Bertz CT molecular complexity index is 907. The molecule has 25 heavy (non-hydrogen) atoms. The van der Waals surface area contributed by atoms with Gasteiger partial charge in [-0.05, 0) is 23.8 Å². The SMILES string of the molecule is COc1ccc([C@H](N)c2nc(-c3cc([N+](=O)[O-])ccc3O)n[nH]2)cc1. The second-order valence-corrected chi connectivity index (χ2v) is 5.25. The first-order chi connectivity index (χ1) is 12.0. The van der Waals surface area contributed by atoms with Gasteiger partial charge in [0.25, 0.3) is 5.69 Å². The van der Waals surface area contributed by atoms with Crippen molar-refractivity contribution in [2.75, 3.05) is 7.11 Å². The Morgan fingerprint density at radius 1 is 1.28 bits per heavy atom. The number of nitro benzene ring substituents is 1. The van der Waals surface area contributed by atoms with Crippen LogP contribution in [0.4, 0.5) is 5.69 Å². The molecular formula is C16H15N5O4. The molecule has 3 aromatic rings. The summed E-state index contributed by atoms with van der Waals surface area (Å²) in [5.74, 6) is 1.04. The van der Waals surface area contributed by atoms with Crippen LogP contribution in [0.25, 0.3) is 11.4 Å². The van der Waals surface area contributed by atoms with Crippen LogP contribution in [0.3, 0.4) is 0 Å². The fourth-order valence-electron chi connectivity index (χ4n) is 2.32. The first-order valence-corrected chi connectivity index (χ1v) is 7.29. The first kappa shape index (κ1) is 16.4. The minimum Gasteiger partial charge on any atom is -0.507 e. The highest BCUT2D eigenvalue weighted by molar-refractivity contribution is 5.66. The number of hydrogen-bond donors (Lipinski definition) is 3. The number of aromatic amines is 1. The summed E-state index contributed by atoms with van der Waals surface area (Å²) in [6.07, 6.45) is 0. The number of phenolic OH excluding ortho intramolecular Hbond substituents is 1. The molecule has 0 saturated carbocycles.